The third kappa shape index (κ3) is 1.68. The molecule has 0 radical (unpaired) electrons. The number of fused-ring (bicyclic) bond motifs is 2. The molecule has 0 saturated heterocycles. The minimum atomic E-state index is -0.388. The normalized spacial score (nSPS) is 19.7. The number of amides is 1. The summed E-state index contributed by atoms with van der Waals surface area (Å²) in [6.07, 6.45) is 5.06. The fourth-order valence-corrected chi connectivity index (χ4v) is 3.74. The quantitative estimate of drug-likeness (QED) is 0.806. The lowest BCUT2D eigenvalue weighted by molar-refractivity contribution is 0.0465. The SMILES string of the molecule is CN1C(=O)c2nc(-c3ccccc3F)oc2C12CCCCC2. The number of benzene rings is 1. The van der Waals surface area contributed by atoms with E-state index in [2.05, 4.69) is 4.98 Å². The highest BCUT2D eigenvalue weighted by Crippen LogP contribution is 2.48. The number of hydrogen-bond acceptors (Lipinski definition) is 3. The molecule has 4 rings (SSSR count). The van der Waals surface area contributed by atoms with Gasteiger partial charge in [0.05, 0.1) is 5.56 Å². The molecule has 1 fully saturated rings. The van der Waals surface area contributed by atoms with Gasteiger partial charge in [-0.05, 0) is 25.0 Å². The van der Waals surface area contributed by atoms with Gasteiger partial charge in [0.15, 0.2) is 11.5 Å². The number of nitrogens with zero attached hydrogens (tertiary/aromatic N) is 2. The molecule has 0 atom stereocenters. The van der Waals surface area contributed by atoms with Crippen LogP contribution >= 0.6 is 0 Å². The van der Waals surface area contributed by atoms with Crippen molar-refractivity contribution in [3.05, 3.63) is 41.5 Å². The van der Waals surface area contributed by atoms with E-state index in [1.54, 1.807) is 23.1 Å². The molecule has 0 N–H and O–H groups in total. The number of aromatic nitrogens is 1. The van der Waals surface area contributed by atoms with Gasteiger partial charge in [-0.15, -0.1) is 0 Å². The molecule has 0 bridgehead atoms. The van der Waals surface area contributed by atoms with Crippen LogP contribution in [0.3, 0.4) is 0 Å². The van der Waals surface area contributed by atoms with Crippen molar-refractivity contribution in [1.82, 2.24) is 9.88 Å². The highest BCUT2D eigenvalue weighted by molar-refractivity contribution is 5.97. The maximum Gasteiger partial charge on any atom is 0.276 e. The third-order valence-electron chi connectivity index (χ3n) is 4.98. The van der Waals surface area contributed by atoms with Gasteiger partial charge in [-0.3, -0.25) is 4.79 Å². The molecule has 4 nitrogen and oxygen atoms in total. The molecular weight excluding hydrogens is 283 g/mol. The fourth-order valence-electron chi connectivity index (χ4n) is 3.74. The maximum atomic E-state index is 14.0. The van der Waals surface area contributed by atoms with Crippen LogP contribution in [0.2, 0.25) is 0 Å². The highest BCUT2D eigenvalue weighted by atomic mass is 19.1. The van der Waals surface area contributed by atoms with E-state index in [0.29, 0.717) is 17.0 Å². The van der Waals surface area contributed by atoms with Crippen molar-refractivity contribution in [3.63, 3.8) is 0 Å². The Morgan fingerprint density at radius 3 is 2.68 bits per heavy atom. The molecule has 1 aliphatic heterocycles. The smallest absolute Gasteiger partial charge is 0.276 e. The first-order valence-corrected chi connectivity index (χ1v) is 7.68. The van der Waals surface area contributed by atoms with E-state index < -0.39 is 0 Å². The van der Waals surface area contributed by atoms with Crippen LogP contribution < -0.4 is 0 Å². The average Bonchev–Trinajstić information content (AvgIpc) is 3.06. The van der Waals surface area contributed by atoms with Crippen molar-refractivity contribution in [1.29, 1.82) is 0 Å². The number of carbonyl (C=O) groups is 1. The van der Waals surface area contributed by atoms with Gasteiger partial charge in [0.1, 0.15) is 11.4 Å². The molecule has 2 aliphatic rings. The number of rotatable bonds is 1. The van der Waals surface area contributed by atoms with Gasteiger partial charge in [0.2, 0.25) is 5.89 Å². The molecule has 2 aromatic rings. The largest absolute Gasteiger partial charge is 0.438 e. The zero-order chi connectivity index (χ0) is 15.3. The maximum absolute atomic E-state index is 14.0. The Morgan fingerprint density at radius 2 is 1.95 bits per heavy atom. The first kappa shape index (κ1) is 13.5. The summed E-state index contributed by atoms with van der Waals surface area (Å²) in [6.45, 7) is 0. The molecule has 1 saturated carbocycles. The van der Waals surface area contributed by atoms with E-state index in [1.165, 1.54) is 12.5 Å². The van der Waals surface area contributed by atoms with E-state index >= 15 is 0 Å². The van der Waals surface area contributed by atoms with Crippen molar-refractivity contribution in [3.8, 4) is 11.5 Å². The van der Waals surface area contributed by atoms with Crippen molar-refractivity contribution in [2.24, 2.45) is 0 Å². The summed E-state index contributed by atoms with van der Waals surface area (Å²) in [5.74, 6) is 0.316. The topological polar surface area (TPSA) is 46.3 Å². The van der Waals surface area contributed by atoms with Crippen LogP contribution in [0, 0.1) is 5.82 Å². The predicted octanol–water partition coefficient (Wildman–Crippen LogP) is 3.73. The van der Waals surface area contributed by atoms with Gasteiger partial charge in [-0.2, -0.15) is 0 Å². The molecule has 22 heavy (non-hydrogen) atoms. The third-order valence-corrected chi connectivity index (χ3v) is 4.98. The fraction of sp³-hybridized carbons (Fsp3) is 0.412. The highest BCUT2D eigenvalue weighted by Gasteiger charge is 2.52. The Labute approximate surface area is 127 Å². The molecule has 114 valence electrons. The van der Waals surface area contributed by atoms with Gasteiger partial charge in [-0.25, -0.2) is 9.37 Å². The lowest BCUT2D eigenvalue weighted by Gasteiger charge is -2.38. The molecule has 0 unspecified atom stereocenters. The van der Waals surface area contributed by atoms with Gasteiger partial charge in [0.25, 0.3) is 5.91 Å². The standard InChI is InChI=1S/C17H17FN2O2/c1-20-16(21)13-14(17(20)9-5-2-6-10-17)22-15(19-13)11-7-3-4-8-12(11)18/h3-4,7-8H,2,5-6,9-10H2,1H3. The van der Waals surface area contributed by atoms with Crippen molar-refractivity contribution in [2.75, 3.05) is 7.05 Å². The minimum Gasteiger partial charge on any atom is -0.438 e. The number of halogens is 1. The van der Waals surface area contributed by atoms with Crippen LogP contribution in [0.5, 0.6) is 0 Å². The summed E-state index contributed by atoms with van der Waals surface area (Å²) in [5.41, 5.74) is 0.266. The molecule has 1 aromatic heterocycles. The summed E-state index contributed by atoms with van der Waals surface area (Å²) in [5, 5.41) is 0. The van der Waals surface area contributed by atoms with Crippen LogP contribution in [-0.4, -0.2) is 22.8 Å². The van der Waals surface area contributed by atoms with Crippen LogP contribution in [-0.2, 0) is 5.54 Å². The van der Waals surface area contributed by atoms with Gasteiger partial charge in [-0.1, -0.05) is 31.4 Å². The summed E-state index contributed by atoms with van der Waals surface area (Å²) >= 11 is 0. The van der Waals surface area contributed by atoms with Crippen molar-refractivity contribution in [2.45, 2.75) is 37.6 Å². The Hall–Kier alpha value is -2.17. The lowest BCUT2D eigenvalue weighted by Crippen LogP contribution is -2.42. The zero-order valence-corrected chi connectivity index (χ0v) is 12.4. The molecule has 1 aliphatic carbocycles. The van der Waals surface area contributed by atoms with Crippen molar-refractivity contribution < 1.29 is 13.6 Å². The zero-order valence-electron chi connectivity index (χ0n) is 12.4. The summed E-state index contributed by atoms with van der Waals surface area (Å²) in [4.78, 5) is 18.6. The predicted molar refractivity (Wildman–Crippen MR) is 78.8 cm³/mol. The second-order valence-electron chi connectivity index (χ2n) is 6.13. The van der Waals surface area contributed by atoms with Gasteiger partial charge >= 0.3 is 0 Å². The summed E-state index contributed by atoms with van der Waals surface area (Å²) < 4.78 is 19.9. The lowest BCUT2D eigenvalue weighted by atomic mass is 9.80. The van der Waals surface area contributed by atoms with Crippen LogP contribution in [0.15, 0.2) is 28.7 Å². The number of carbonyl (C=O) groups excluding carboxylic acids is 1. The molecule has 5 heteroatoms. The van der Waals surface area contributed by atoms with Gasteiger partial charge in [0, 0.05) is 7.05 Å². The molecule has 1 amide bonds. The molecule has 1 aromatic carbocycles. The second kappa shape index (κ2) is 4.66. The summed E-state index contributed by atoms with van der Waals surface area (Å²) in [7, 11) is 1.81. The van der Waals surface area contributed by atoms with Crippen LogP contribution in [0.1, 0.15) is 48.4 Å². The second-order valence-corrected chi connectivity index (χ2v) is 6.13. The van der Waals surface area contributed by atoms with Crippen molar-refractivity contribution >= 4 is 5.91 Å². The van der Waals surface area contributed by atoms with E-state index in [1.807, 2.05) is 7.05 Å². The monoisotopic (exact) mass is 300 g/mol. The first-order valence-electron chi connectivity index (χ1n) is 7.68. The Bertz CT molecular complexity index is 747. The Balaban J connectivity index is 1.85. The minimum absolute atomic E-state index is 0.122. The van der Waals surface area contributed by atoms with E-state index in [-0.39, 0.29) is 23.2 Å². The first-order chi connectivity index (χ1) is 10.6. The summed E-state index contributed by atoms with van der Waals surface area (Å²) in [6, 6.07) is 6.35. The Morgan fingerprint density at radius 1 is 1.23 bits per heavy atom. The average molecular weight is 300 g/mol. The van der Waals surface area contributed by atoms with E-state index in [9.17, 15) is 9.18 Å². The van der Waals surface area contributed by atoms with Gasteiger partial charge < -0.3 is 9.32 Å². The molecule has 2 heterocycles. The van der Waals surface area contributed by atoms with E-state index in [0.717, 1.165) is 25.7 Å². The Kier molecular flexibility index (Phi) is 2.86. The van der Waals surface area contributed by atoms with Crippen LogP contribution in [0.4, 0.5) is 4.39 Å². The molecular formula is C17H17FN2O2. The van der Waals surface area contributed by atoms with E-state index in [4.69, 9.17) is 4.42 Å². The van der Waals surface area contributed by atoms with Crippen LogP contribution in [0.25, 0.3) is 11.5 Å². The number of oxazole rings is 1. The molecule has 1 spiro atoms. The number of hydrogen-bond donors (Lipinski definition) is 0.